The molecule has 14 nitrogen and oxygen atoms in total. The Hall–Kier alpha value is -3.52. The lowest BCUT2D eigenvalue weighted by molar-refractivity contribution is -0.142. The molecular formula is C17H27N7O7. The zero-order chi connectivity index (χ0) is 23.6. The van der Waals surface area contributed by atoms with E-state index in [0.29, 0.717) is 5.69 Å². The number of hydrogen-bond acceptors (Lipinski definition) is 8. The Morgan fingerprint density at radius 3 is 2.39 bits per heavy atom. The van der Waals surface area contributed by atoms with E-state index in [4.69, 9.17) is 16.6 Å². The van der Waals surface area contributed by atoms with Gasteiger partial charge in [0.1, 0.15) is 12.1 Å². The van der Waals surface area contributed by atoms with Gasteiger partial charge in [-0.1, -0.05) is 0 Å². The van der Waals surface area contributed by atoms with Crippen molar-refractivity contribution in [1.29, 1.82) is 0 Å². The maximum Gasteiger partial charge on any atom is 0.326 e. The summed E-state index contributed by atoms with van der Waals surface area (Å²) in [7, 11) is 0. The van der Waals surface area contributed by atoms with Gasteiger partial charge in [0.15, 0.2) is 0 Å². The van der Waals surface area contributed by atoms with Crippen LogP contribution in [0.15, 0.2) is 12.5 Å². The van der Waals surface area contributed by atoms with Gasteiger partial charge in [0.25, 0.3) is 0 Å². The first-order valence-corrected chi connectivity index (χ1v) is 9.30. The number of aliphatic carboxylic acids is 1. The van der Waals surface area contributed by atoms with E-state index in [1.807, 2.05) is 0 Å². The van der Waals surface area contributed by atoms with E-state index in [0.717, 1.165) is 0 Å². The van der Waals surface area contributed by atoms with Gasteiger partial charge in [-0.2, -0.15) is 0 Å². The summed E-state index contributed by atoms with van der Waals surface area (Å²) in [5, 5.41) is 25.5. The Morgan fingerprint density at radius 2 is 1.87 bits per heavy atom. The molecule has 0 aliphatic rings. The van der Waals surface area contributed by atoms with Gasteiger partial charge in [-0.25, -0.2) is 9.78 Å². The molecule has 0 spiro atoms. The molecule has 0 bridgehead atoms. The first kappa shape index (κ1) is 25.5. The van der Waals surface area contributed by atoms with Crippen LogP contribution in [0.25, 0.3) is 0 Å². The van der Waals surface area contributed by atoms with Crippen LogP contribution in [0.1, 0.15) is 25.5 Å². The number of hydrogen-bond donors (Lipinski definition) is 8. The van der Waals surface area contributed by atoms with Crippen molar-refractivity contribution in [3.8, 4) is 0 Å². The number of amides is 4. The van der Waals surface area contributed by atoms with Gasteiger partial charge in [-0.05, 0) is 13.3 Å². The van der Waals surface area contributed by atoms with E-state index >= 15 is 0 Å². The highest BCUT2D eigenvalue weighted by atomic mass is 16.4. The molecule has 1 heterocycles. The molecule has 31 heavy (non-hydrogen) atoms. The highest BCUT2D eigenvalue weighted by Gasteiger charge is 2.28. The third-order valence-electron chi connectivity index (χ3n) is 4.13. The molecule has 4 amide bonds. The minimum Gasteiger partial charge on any atom is -0.480 e. The molecule has 1 aromatic rings. The smallest absolute Gasteiger partial charge is 0.326 e. The molecule has 0 aromatic carbocycles. The summed E-state index contributed by atoms with van der Waals surface area (Å²) in [6, 6.07) is -3.80. The van der Waals surface area contributed by atoms with Gasteiger partial charge in [0.05, 0.1) is 25.0 Å². The quantitative estimate of drug-likeness (QED) is 0.149. The van der Waals surface area contributed by atoms with Gasteiger partial charge in [0.2, 0.25) is 23.6 Å². The van der Waals surface area contributed by atoms with Crippen LogP contribution in [0.4, 0.5) is 0 Å². The summed E-state index contributed by atoms with van der Waals surface area (Å²) >= 11 is 0. The molecule has 0 aliphatic carbocycles. The van der Waals surface area contributed by atoms with Crippen LogP contribution in [-0.2, 0) is 30.4 Å². The Balaban J connectivity index is 2.58. The van der Waals surface area contributed by atoms with Crippen LogP contribution >= 0.6 is 0 Å². The third kappa shape index (κ3) is 9.22. The van der Waals surface area contributed by atoms with Crippen LogP contribution in [0, 0.1) is 0 Å². The second-order valence-corrected chi connectivity index (χ2v) is 6.80. The van der Waals surface area contributed by atoms with Crippen LogP contribution in [-0.4, -0.2) is 80.6 Å². The van der Waals surface area contributed by atoms with Gasteiger partial charge < -0.3 is 42.6 Å². The normalized spacial score (nSPS) is 14.5. The van der Waals surface area contributed by atoms with Crippen molar-refractivity contribution < 1.29 is 34.2 Å². The van der Waals surface area contributed by atoms with E-state index in [1.54, 1.807) is 0 Å². The van der Waals surface area contributed by atoms with E-state index in [9.17, 15) is 29.1 Å². The van der Waals surface area contributed by atoms with Crippen molar-refractivity contribution >= 4 is 29.6 Å². The lowest BCUT2D eigenvalue weighted by atomic mass is 10.1. The topological polar surface area (TPSA) is 243 Å². The molecule has 1 aromatic heterocycles. The number of primary amides is 1. The fraction of sp³-hybridized carbons (Fsp3) is 0.529. The summed E-state index contributed by atoms with van der Waals surface area (Å²) < 4.78 is 0. The number of aliphatic hydroxyl groups excluding tert-OH is 1. The molecular weight excluding hydrogens is 414 g/mol. The zero-order valence-corrected chi connectivity index (χ0v) is 16.8. The average Bonchev–Trinajstić information content (AvgIpc) is 3.19. The van der Waals surface area contributed by atoms with Gasteiger partial charge in [-0.15, -0.1) is 0 Å². The monoisotopic (exact) mass is 441 g/mol. The van der Waals surface area contributed by atoms with E-state index in [1.165, 1.54) is 19.4 Å². The SMILES string of the molecule is CC(O)C(NC(=O)C(N)Cc1cnc[nH]1)C(=O)NCC(=O)NC(CCC(N)=O)C(=O)O. The first-order valence-electron chi connectivity index (χ1n) is 9.30. The largest absolute Gasteiger partial charge is 0.480 e. The molecule has 0 aliphatic heterocycles. The number of carbonyl (C=O) groups is 5. The van der Waals surface area contributed by atoms with Crippen LogP contribution in [0.3, 0.4) is 0 Å². The molecule has 0 radical (unpaired) electrons. The fourth-order valence-electron chi connectivity index (χ4n) is 2.46. The van der Waals surface area contributed by atoms with Crippen LogP contribution in [0.5, 0.6) is 0 Å². The summed E-state index contributed by atoms with van der Waals surface area (Å²) in [5.41, 5.74) is 11.3. The number of aromatic nitrogens is 2. The van der Waals surface area contributed by atoms with Crippen molar-refractivity contribution in [3.63, 3.8) is 0 Å². The molecule has 4 unspecified atom stereocenters. The Labute approximate surface area is 177 Å². The molecule has 172 valence electrons. The third-order valence-corrected chi connectivity index (χ3v) is 4.13. The predicted octanol–water partition coefficient (Wildman–Crippen LogP) is -3.90. The number of nitrogens with zero attached hydrogens (tertiary/aromatic N) is 1. The molecule has 10 N–H and O–H groups in total. The molecule has 4 atom stereocenters. The minimum atomic E-state index is -1.40. The second kappa shape index (κ2) is 12.2. The molecule has 0 saturated heterocycles. The fourth-order valence-corrected chi connectivity index (χ4v) is 2.46. The molecule has 1 rings (SSSR count). The van der Waals surface area contributed by atoms with Gasteiger partial charge in [0, 0.05) is 24.7 Å². The number of H-pyrrole nitrogens is 1. The van der Waals surface area contributed by atoms with Crippen molar-refractivity contribution in [1.82, 2.24) is 25.9 Å². The summed E-state index contributed by atoms with van der Waals surface area (Å²) in [6.45, 7) is 0.633. The number of rotatable bonds is 13. The van der Waals surface area contributed by atoms with Crippen molar-refractivity contribution in [2.45, 2.75) is 50.4 Å². The Kier molecular flexibility index (Phi) is 10.1. The molecule has 14 heteroatoms. The number of nitrogens with one attached hydrogen (secondary N) is 4. The molecule has 0 saturated carbocycles. The number of carboxylic acids is 1. The number of carbonyl (C=O) groups excluding carboxylic acids is 4. The first-order chi connectivity index (χ1) is 14.5. The number of aromatic amines is 1. The number of carboxylic acid groups (broad SMARTS) is 1. The highest BCUT2D eigenvalue weighted by molar-refractivity contribution is 5.93. The van der Waals surface area contributed by atoms with Crippen LogP contribution < -0.4 is 27.4 Å². The van der Waals surface area contributed by atoms with E-state index < -0.39 is 60.4 Å². The number of aliphatic hydroxyl groups is 1. The Bertz CT molecular complexity index is 782. The van der Waals surface area contributed by atoms with E-state index in [-0.39, 0.29) is 19.3 Å². The summed E-state index contributed by atoms with van der Waals surface area (Å²) in [5.74, 6) is -4.54. The van der Waals surface area contributed by atoms with Gasteiger partial charge in [-0.3, -0.25) is 19.2 Å². The Morgan fingerprint density at radius 1 is 1.19 bits per heavy atom. The number of imidazole rings is 1. The maximum atomic E-state index is 12.3. The van der Waals surface area contributed by atoms with Crippen LogP contribution in [0.2, 0.25) is 0 Å². The standard InChI is InChI=1S/C17H27N7O7/c1-8(25)14(24-15(28)10(18)4-9-5-20-7-22-9)16(29)21-6-13(27)23-11(17(30)31)2-3-12(19)26/h5,7-8,10-11,14,25H,2-4,6,18H2,1H3,(H2,19,26)(H,20,22)(H,21,29)(H,23,27)(H,24,28)(H,30,31). The summed E-state index contributed by atoms with van der Waals surface area (Å²) in [6.07, 6.45) is 1.24. The van der Waals surface area contributed by atoms with Crippen molar-refractivity contribution in [3.05, 3.63) is 18.2 Å². The van der Waals surface area contributed by atoms with Crippen molar-refractivity contribution in [2.75, 3.05) is 6.54 Å². The maximum absolute atomic E-state index is 12.3. The second-order valence-electron chi connectivity index (χ2n) is 6.80. The predicted molar refractivity (Wildman–Crippen MR) is 105 cm³/mol. The zero-order valence-electron chi connectivity index (χ0n) is 16.8. The minimum absolute atomic E-state index is 0.115. The lowest BCUT2D eigenvalue weighted by Crippen LogP contribution is -2.57. The highest BCUT2D eigenvalue weighted by Crippen LogP contribution is 2.00. The lowest BCUT2D eigenvalue weighted by Gasteiger charge is -2.22. The van der Waals surface area contributed by atoms with Gasteiger partial charge >= 0.3 is 5.97 Å². The number of nitrogens with two attached hydrogens (primary N) is 2. The average molecular weight is 441 g/mol. The molecule has 0 fully saturated rings. The van der Waals surface area contributed by atoms with Crippen molar-refractivity contribution in [2.24, 2.45) is 11.5 Å². The summed E-state index contributed by atoms with van der Waals surface area (Å²) in [4.78, 5) is 64.9. The van der Waals surface area contributed by atoms with E-state index in [2.05, 4.69) is 25.9 Å².